The fourth-order valence-corrected chi connectivity index (χ4v) is 3.64. The van der Waals surface area contributed by atoms with Crippen LogP contribution in [-0.4, -0.2) is 75.6 Å². The van der Waals surface area contributed by atoms with Crippen LogP contribution in [0.25, 0.3) is 0 Å². The molecular formula is C18H21N3O8S. The maximum Gasteiger partial charge on any atom is 0.264 e. The van der Waals surface area contributed by atoms with Crippen LogP contribution in [0.15, 0.2) is 18.2 Å². The van der Waals surface area contributed by atoms with Crippen molar-refractivity contribution in [1.29, 1.82) is 0 Å². The number of rotatable bonds is 9. The van der Waals surface area contributed by atoms with Crippen molar-refractivity contribution < 1.29 is 36.5 Å². The molecule has 12 heteroatoms. The zero-order valence-electron chi connectivity index (χ0n) is 16.2. The Balaban J connectivity index is 1.61. The van der Waals surface area contributed by atoms with Gasteiger partial charge in [0.25, 0.3) is 21.9 Å². The lowest BCUT2D eigenvalue weighted by atomic mass is 10.0. The number of hydrogen-bond acceptors (Lipinski definition) is 9. The molecule has 0 spiro atoms. The average molecular weight is 439 g/mol. The molecule has 1 atom stereocenters. The number of carbonyl (C=O) groups excluding carboxylic acids is 4. The topological polar surface area (TPSA) is 148 Å². The third-order valence-electron chi connectivity index (χ3n) is 4.56. The van der Waals surface area contributed by atoms with Gasteiger partial charge in [0.05, 0.1) is 37.2 Å². The van der Waals surface area contributed by atoms with Crippen molar-refractivity contribution in [3.63, 3.8) is 0 Å². The lowest BCUT2D eigenvalue weighted by Crippen LogP contribution is -2.54. The van der Waals surface area contributed by atoms with Crippen LogP contribution in [0.2, 0.25) is 0 Å². The molecule has 0 bridgehead atoms. The summed E-state index contributed by atoms with van der Waals surface area (Å²) in [5.41, 5.74) is 0.751. The van der Waals surface area contributed by atoms with E-state index in [1.165, 1.54) is 6.07 Å². The van der Waals surface area contributed by atoms with E-state index >= 15 is 0 Å². The number of piperidine rings is 1. The Kier molecular flexibility index (Phi) is 6.48. The van der Waals surface area contributed by atoms with Crippen molar-refractivity contribution in [2.24, 2.45) is 0 Å². The number of hydrogen-bond donors (Lipinski definition) is 2. The SMILES string of the molecule is CS(=O)(=O)OCCOCCNc1cccc2c1C(=O)N(C1CCC(=O)NC1=O)C2=O. The van der Waals surface area contributed by atoms with E-state index in [9.17, 15) is 27.6 Å². The number of carbonyl (C=O) groups is 4. The second-order valence-electron chi connectivity index (χ2n) is 6.74. The quantitative estimate of drug-likeness (QED) is 0.295. The molecule has 162 valence electrons. The van der Waals surface area contributed by atoms with Crippen molar-refractivity contribution in [3.8, 4) is 0 Å². The minimum Gasteiger partial charge on any atom is -0.382 e. The predicted octanol–water partition coefficient (Wildman–Crippen LogP) is -0.507. The van der Waals surface area contributed by atoms with Crippen molar-refractivity contribution in [2.75, 3.05) is 37.9 Å². The van der Waals surface area contributed by atoms with E-state index in [4.69, 9.17) is 4.74 Å². The largest absolute Gasteiger partial charge is 0.382 e. The maximum absolute atomic E-state index is 12.9. The molecule has 0 saturated carbocycles. The third kappa shape index (κ3) is 4.83. The smallest absolute Gasteiger partial charge is 0.264 e. The number of nitrogens with one attached hydrogen (secondary N) is 2. The summed E-state index contributed by atoms with van der Waals surface area (Å²) in [6, 6.07) is 3.72. The highest BCUT2D eigenvalue weighted by molar-refractivity contribution is 7.85. The minimum absolute atomic E-state index is 0.0509. The van der Waals surface area contributed by atoms with Gasteiger partial charge >= 0.3 is 0 Å². The first kappa shape index (κ1) is 21.9. The van der Waals surface area contributed by atoms with Gasteiger partial charge in [0.15, 0.2) is 0 Å². The molecule has 30 heavy (non-hydrogen) atoms. The van der Waals surface area contributed by atoms with Gasteiger partial charge in [-0.3, -0.25) is 33.6 Å². The Labute approximate surface area is 172 Å². The van der Waals surface area contributed by atoms with Gasteiger partial charge in [-0.2, -0.15) is 8.42 Å². The van der Waals surface area contributed by atoms with Crippen molar-refractivity contribution in [3.05, 3.63) is 29.3 Å². The summed E-state index contributed by atoms with van der Waals surface area (Å²) >= 11 is 0. The van der Waals surface area contributed by atoms with E-state index < -0.39 is 39.8 Å². The van der Waals surface area contributed by atoms with E-state index in [-0.39, 0.29) is 50.3 Å². The molecule has 1 fully saturated rings. The lowest BCUT2D eigenvalue weighted by molar-refractivity contribution is -0.136. The summed E-state index contributed by atoms with van der Waals surface area (Å²) < 4.78 is 31.5. The van der Waals surface area contributed by atoms with E-state index in [2.05, 4.69) is 14.8 Å². The van der Waals surface area contributed by atoms with Crippen molar-refractivity contribution >= 4 is 39.4 Å². The van der Waals surface area contributed by atoms with Gasteiger partial charge in [0, 0.05) is 18.7 Å². The Bertz CT molecular complexity index is 991. The number of imide groups is 2. The summed E-state index contributed by atoms with van der Waals surface area (Å²) in [4.78, 5) is 50.0. The van der Waals surface area contributed by atoms with Crippen molar-refractivity contribution in [2.45, 2.75) is 18.9 Å². The molecule has 3 rings (SSSR count). The highest BCUT2D eigenvalue weighted by Gasteiger charge is 2.45. The Morgan fingerprint density at radius 3 is 2.60 bits per heavy atom. The summed E-state index contributed by atoms with van der Waals surface area (Å²) in [7, 11) is -3.52. The molecule has 2 aliphatic heterocycles. The summed E-state index contributed by atoms with van der Waals surface area (Å²) in [5.74, 6) is -2.28. The normalized spacial score (nSPS) is 19.1. The molecule has 11 nitrogen and oxygen atoms in total. The molecule has 4 amide bonds. The van der Waals surface area contributed by atoms with Gasteiger partial charge < -0.3 is 10.1 Å². The standard InChI is InChI=1S/C18H21N3O8S/c1-30(26,27)29-10-9-28-8-7-19-12-4-2-3-11-15(12)18(25)21(17(11)24)13-5-6-14(22)20-16(13)23/h2-4,13,19H,5-10H2,1H3,(H,20,22,23). The number of benzene rings is 1. The first-order valence-electron chi connectivity index (χ1n) is 9.19. The van der Waals surface area contributed by atoms with E-state index in [0.29, 0.717) is 5.69 Å². The van der Waals surface area contributed by atoms with Gasteiger partial charge in [0.1, 0.15) is 6.04 Å². The second-order valence-corrected chi connectivity index (χ2v) is 8.38. The molecular weight excluding hydrogens is 418 g/mol. The monoisotopic (exact) mass is 439 g/mol. The first-order chi connectivity index (χ1) is 14.2. The molecule has 1 saturated heterocycles. The van der Waals surface area contributed by atoms with Gasteiger partial charge in [0.2, 0.25) is 11.8 Å². The molecule has 1 aromatic carbocycles. The number of anilines is 1. The van der Waals surface area contributed by atoms with E-state index in [0.717, 1.165) is 11.2 Å². The maximum atomic E-state index is 12.9. The molecule has 0 aliphatic carbocycles. The summed E-state index contributed by atoms with van der Waals surface area (Å²) in [6.45, 7) is 0.459. The third-order valence-corrected chi connectivity index (χ3v) is 5.15. The zero-order valence-corrected chi connectivity index (χ0v) is 17.0. The molecule has 2 heterocycles. The molecule has 1 unspecified atom stereocenters. The first-order valence-corrected chi connectivity index (χ1v) is 11.0. The minimum atomic E-state index is -3.52. The average Bonchev–Trinajstić information content (AvgIpc) is 2.92. The Hall–Kier alpha value is -2.83. The van der Waals surface area contributed by atoms with Crippen LogP contribution in [0.5, 0.6) is 0 Å². The fraction of sp³-hybridized carbons (Fsp3) is 0.444. The molecule has 0 radical (unpaired) electrons. The molecule has 1 aromatic rings. The Morgan fingerprint density at radius 2 is 1.90 bits per heavy atom. The molecule has 0 aromatic heterocycles. The highest BCUT2D eigenvalue weighted by Crippen LogP contribution is 2.32. The van der Waals surface area contributed by atoms with E-state index in [1.807, 2.05) is 0 Å². The van der Waals surface area contributed by atoms with Crippen LogP contribution in [0.1, 0.15) is 33.6 Å². The number of ether oxygens (including phenoxy) is 1. The number of fused-ring (bicyclic) bond motifs is 1. The van der Waals surface area contributed by atoms with Crippen LogP contribution < -0.4 is 10.6 Å². The summed E-state index contributed by atoms with van der Waals surface area (Å²) in [6.07, 6.45) is 1.08. The van der Waals surface area contributed by atoms with Crippen LogP contribution in [0.3, 0.4) is 0 Å². The zero-order chi connectivity index (χ0) is 21.9. The summed E-state index contributed by atoms with van der Waals surface area (Å²) in [5, 5.41) is 5.16. The lowest BCUT2D eigenvalue weighted by Gasteiger charge is -2.27. The highest BCUT2D eigenvalue weighted by atomic mass is 32.2. The fourth-order valence-electron chi connectivity index (χ4n) is 3.27. The van der Waals surface area contributed by atoms with Gasteiger partial charge in [-0.05, 0) is 18.6 Å². The number of amides is 4. The van der Waals surface area contributed by atoms with Crippen molar-refractivity contribution in [1.82, 2.24) is 10.2 Å². The Morgan fingerprint density at radius 1 is 1.13 bits per heavy atom. The van der Waals surface area contributed by atoms with Crippen LogP contribution in [-0.2, 0) is 28.6 Å². The predicted molar refractivity (Wildman–Crippen MR) is 103 cm³/mol. The van der Waals surface area contributed by atoms with Gasteiger partial charge in [-0.15, -0.1) is 0 Å². The van der Waals surface area contributed by atoms with Gasteiger partial charge in [-0.1, -0.05) is 6.07 Å². The molecule has 2 N–H and O–H groups in total. The van der Waals surface area contributed by atoms with Gasteiger partial charge in [-0.25, -0.2) is 0 Å². The van der Waals surface area contributed by atoms with E-state index in [1.54, 1.807) is 12.1 Å². The molecule has 2 aliphatic rings. The second kappa shape index (κ2) is 8.90. The van der Waals surface area contributed by atoms with Crippen LogP contribution in [0, 0.1) is 0 Å². The number of nitrogens with zero attached hydrogens (tertiary/aromatic N) is 1. The van der Waals surface area contributed by atoms with Crippen LogP contribution >= 0.6 is 0 Å². The van der Waals surface area contributed by atoms with Crippen LogP contribution in [0.4, 0.5) is 5.69 Å².